The van der Waals surface area contributed by atoms with E-state index in [1.165, 1.54) is 0 Å². The highest BCUT2D eigenvalue weighted by Gasteiger charge is 2.17. The van der Waals surface area contributed by atoms with Gasteiger partial charge in [0.15, 0.2) is 0 Å². The Labute approximate surface area is 141 Å². The molecule has 3 rings (SSSR count). The summed E-state index contributed by atoms with van der Waals surface area (Å²) in [6.07, 6.45) is 0. The van der Waals surface area contributed by atoms with Crippen LogP contribution in [0.3, 0.4) is 0 Å². The average molecular weight is 372 g/mol. The maximum atomic E-state index is 10.7. The van der Waals surface area contributed by atoms with Gasteiger partial charge in [0.05, 0.1) is 12.3 Å². The quantitative estimate of drug-likeness (QED) is 0.869. The molecule has 1 aliphatic rings. The van der Waals surface area contributed by atoms with Crippen LogP contribution >= 0.6 is 15.9 Å². The SMILES string of the molecule is O=C(O)C/N=C1\CN=C(c2ccccc2)c2cc(Br)ccc2N1. The molecule has 0 amide bonds. The summed E-state index contributed by atoms with van der Waals surface area (Å²) in [5.74, 6) is -0.422. The van der Waals surface area contributed by atoms with E-state index in [0.717, 1.165) is 27.0 Å². The molecule has 0 spiro atoms. The van der Waals surface area contributed by atoms with Crippen molar-refractivity contribution in [3.05, 3.63) is 64.1 Å². The molecular weight excluding hydrogens is 358 g/mol. The fourth-order valence-corrected chi connectivity index (χ4v) is 2.71. The van der Waals surface area contributed by atoms with Crippen molar-refractivity contribution in [3.8, 4) is 0 Å². The highest BCUT2D eigenvalue weighted by molar-refractivity contribution is 9.10. The normalized spacial score (nSPS) is 15.3. The van der Waals surface area contributed by atoms with Crippen LogP contribution in [-0.2, 0) is 4.79 Å². The second-order valence-electron chi connectivity index (χ2n) is 5.00. The van der Waals surface area contributed by atoms with Crippen LogP contribution < -0.4 is 5.32 Å². The number of anilines is 1. The van der Waals surface area contributed by atoms with Crippen molar-refractivity contribution in [2.24, 2.45) is 9.98 Å². The van der Waals surface area contributed by atoms with Crippen molar-refractivity contribution in [2.45, 2.75) is 0 Å². The number of hydrogen-bond donors (Lipinski definition) is 2. The van der Waals surface area contributed by atoms with E-state index in [2.05, 4.69) is 31.2 Å². The van der Waals surface area contributed by atoms with Crippen LogP contribution in [0.15, 0.2) is 63.0 Å². The zero-order valence-corrected chi connectivity index (χ0v) is 13.7. The van der Waals surface area contributed by atoms with Crippen molar-refractivity contribution < 1.29 is 9.90 Å². The number of halogens is 1. The Hall–Kier alpha value is -2.47. The molecule has 1 heterocycles. The minimum Gasteiger partial charge on any atom is -0.480 e. The van der Waals surface area contributed by atoms with Crippen molar-refractivity contribution in [3.63, 3.8) is 0 Å². The summed E-state index contributed by atoms with van der Waals surface area (Å²) in [4.78, 5) is 19.5. The van der Waals surface area contributed by atoms with Crippen LogP contribution in [0.2, 0.25) is 0 Å². The highest BCUT2D eigenvalue weighted by atomic mass is 79.9. The summed E-state index contributed by atoms with van der Waals surface area (Å²) in [7, 11) is 0. The Morgan fingerprint density at radius 1 is 1.26 bits per heavy atom. The van der Waals surface area contributed by atoms with Crippen molar-refractivity contribution in [1.82, 2.24) is 0 Å². The number of nitrogens with zero attached hydrogens (tertiary/aromatic N) is 2. The van der Waals surface area contributed by atoms with E-state index in [4.69, 9.17) is 5.11 Å². The number of carbonyl (C=O) groups is 1. The number of carboxylic acid groups (broad SMARTS) is 1. The Morgan fingerprint density at radius 3 is 2.78 bits per heavy atom. The van der Waals surface area contributed by atoms with Crippen LogP contribution in [-0.4, -0.2) is 35.7 Å². The van der Waals surface area contributed by atoms with E-state index in [1.54, 1.807) is 0 Å². The smallest absolute Gasteiger partial charge is 0.325 e. The van der Waals surface area contributed by atoms with Crippen molar-refractivity contribution in [2.75, 3.05) is 18.4 Å². The molecule has 0 saturated carbocycles. The van der Waals surface area contributed by atoms with Gasteiger partial charge in [-0.15, -0.1) is 0 Å². The zero-order valence-electron chi connectivity index (χ0n) is 12.2. The number of aliphatic imine (C=N–C) groups is 2. The number of aliphatic carboxylic acids is 1. The Bertz CT molecular complexity index is 801. The summed E-state index contributed by atoms with van der Waals surface area (Å²) < 4.78 is 0.951. The van der Waals surface area contributed by atoms with E-state index in [9.17, 15) is 4.79 Å². The lowest BCUT2D eigenvalue weighted by Crippen LogP contribution is -2.17. The molecule has 6 heteroatoms. The molecular formula is C17H14BrN3O2. The van der Waals surface area contributed by atoms with Gasteiger partial charge in [0.1, 0.15) is 12.4 Å². The third-order valence-electron chi connectivity index (χ3n) is 3.36. The minimum absolute atomic E-state index is 0.273. The van der Waals surface area contributed by atoms with Gasteiger partial charge in [-0.25, -0.2) is 0 Å². The Kier molecular flexibility index (Phi) is 4.52. The third-order valence-corrected chi connectivity index (χ3v) is 3.85. The van der Waals surface area contributed by atoms with Crippen LogP contribution in [0, 0.1) is 0 Å². The topological polar surface area (TPSA) is 74.0 Å². The van der Waals surface area contributed by atoms with E-state index >= 15 is 0 Å². The van der Waals surface area contributed by atoms with Crippen molar-refractivity contribution >= 4 is 39.1 Å². The van der Waals surface area contributed by atoms with Gasteiger partial charge >= 0.3 is 5.97 Å². The van der Waals surface area contributed by atoms with Crippen LogP contribution in [0.4, 0.5) is 5.69 Å². The van der Waals surface area contributed by atoms with Gasteiger partial charge in [0, 0.05) is 21.3 Å². The summed E-state index contributed by atoms with van der Waals surface area (Å²) >= 11 is 3.49. The number of benzene rings is 2. The third kappa shape index (κ3) is 3.65. The maximum Gasteiger partial charge on any atom is 0.325 e. The molecule has 2 aromatic carbocycles. The van der Waals surface area contributed by atoms with Gasteiger partial charge in [-0.3, -0.25) is 14.8 Å². The number of hydrogen-bond acceptors (Lipinski definition) is 3. The van der Waals surface area contributed by atoms with Gasteiger partial charge in [-0.05, 0) is 18.2 Å². The zero-order chi connectivity index (χ0) is 16.2. The summed E-state index contributed by atoms with van der Waals surface area (Å²) in [6, 6.07) is 15.7. The minimum atomic E-state index is -0.966. The van der Waals surface area contributed by atoms with Gasteiger partial charge in [0.25, 0.3) is 0 Å². The van der Waals surface area contributed by atoms with Gasteiger partial charge in [-0.1, -0.05) is 46.3 Å². The first-order valence-electron chi connectivity index (χ1n) is 7.05. The monoisotopic (exact) mass is 371 g/mol. The molecule has 0 fully saturated rings. The van der Waals surface area contributed by atoms with E-state index < -0.39 is 5.97 Å². The first-order chi connectivity index (χ1) is 11.1. The number of fused-ring (bicyclic) bond motifs is 1. The number of nitrogens with one attached hydrogen (secondary N) is 1. The fraction of sp³-hybridized carbons (Fsp3) is 0.118. The van der Waals surface area contributed by atoms with E-state index in [-0.39, 0.29) is 6.54 Å². The molecule has 2 aromatic rings. The molecule has 2 N–H and O–H groups in total. The van der Waals surface area contributed by atoms with Crippen LogP contribution in [0.1, 0.15) is 11.1 Å². The molecule has 0 atom stereocenters. The molecule has 1 aliphatic heterocycles. The predicted molar refractivity (Wildman–Crippen MR) is 94.7 cm³/mol. The Morgan fingerprint density at radius 2 is 2.04 bits per heavy atom. The second-order valence-corrected chi connectivity index (χ2v) is 5.92. The van der Waals surface area contributed by atoms with E-state index in [1.807, 2.05) is 48.5 Å². The largest absolute Gasteiger partial charge is 0.480 e. The lowest BCUT2D eigenvalue weighted by Gasteiger charge is -2.11. The summed E-state index contributed by atoms with van der Waals surface area (Å²) in [6.45, 7) is 0.0359. The fourth-order valence-electron chi connectivity index (χ4n) is 2.35. The molecule has 0 radical (unpaired) electrons. The lowest BCUT2D eigenvalue weighted by atomic mass is 10.0. The molecule has 0 aliphatic carbocycles. The predicted octanol–water partition coefficient (Wildman–Crippen LogP) is 3.20. The molecule has 0 aromatic heterocycles. The number of benzodiazepines with no additional fused rings is 1. The Balaban J connectivity index is 2.07. The molecule has 5 nitrogen and oxygen atoms in total. The van der Waals surface area contributed by atoms with E-state index in [0.29, 0.717) is 12.4 Å². The van der Waals surface area contributed by atoms with Crippen LogP contribution in [0.5, 0.6) is 0 Å². The van der Waals surface area contributed by atoms with Crippen LogP contribution in [0.25, 0.3) is 0 Å². The highest BCUT2D eigenvalue weighted by Crippen LogP contribution is 2.26. The molecule has 0 saturated heterocycles. The van der Waals surface area contributed by atoms with Gasteiger partial charge in [0.2, 0.25) is 0 Å². The summed E-state index contributed by atoms with van der Waals surface area (Å²) in [5, 5.41) is 12.0. The van der Waals surface area contributed by atoms with Crippen molar-refractivity contribution in [1.29, 1.82) is 0 Å². The van der Waals surface area contributed by atoms with Gasteiger partial charge in [-0.2, -0.15) is 0 Å². The molecule has 0 unspecified atom stereocenters. The lowest BCUT2D eigenvalue weighted by molar-refractivity contribution is -0.135. The maximum absolute atomic E-state index is 10.7. The summed E-state index contributed by atoms with van der Waals surface area (Å²) in [5.41, 5.74) is 3.67. The average Bonchev–Trinajstić information content (AvgIpc) is 2.73. The number of carboxylic acids is 1. The number of rotatable bonds is 3. The van der Waals surface area contributed by atoms with Gasteiger partial charge < -0.3 is 10.4 Å². The standard InChI is InChI=1S/C17H14BrN3O2/c18-12-6-7-14-13(8-12)17(11-4-2-1-3-5-11)20-9-15(21-14)19-10-16(22)23/h1-8H,9-10H2,(H,19,21)(H,22,23). The molecule has 0 bridgehead atoms. The molecule has 23 heavy (non-hydrogen) atoms. The molecule has 116 valence electrons. The number of amidine groups is 1. The first kappa shape index (κ1) is 15.4. The first-order valence-corrected chi connectivity index (χ1v) is 7.85. The second kappa shape index (κ2) is 6.75.